The van der Waals surface area contributed by atoms with E-state index in [0.717, 1.165) is 35.2 Å². The van der Waals surface area contributed by atoms with Gasteiger partial charge >= 0.3 is 0 Å². The summed E-state index contributed by atoms with van der Waals surface area (Å²) >= 11 is 3.28. The van der Waals surface area contributed by atoms with Gasteiger partial charge in [0, 0.05) is 25.2 Å². The second kappa shape index (κ2) is 6.93. The smallest absolute Gasteiger partial charge is 0.228 e. The van der Waals surface area contributed by atoms with E-state index in [9.17, 15) is 16.8 Å². The Bertz CT molecular complexity index is 390. The Labute approximate surface area is 106 Å². The number of unbranched alkanes of at least 4 members (excludes halogenated alkanes) is 2. The van der Waals surface area contributed by atoms with Gasteiger partial charge in [0.15, 0.2) is 14.9 Å². The van der Waals surface area contributed by atoms with Crippen LogP contribution < -0.4 is 0 Å². The second-order valence-electron chi connectivity index (χ2n) is 3.73. The number of rotatable bonds is 8. The van der Waals surface area contributed by atoms with E-state index in [1.54, 1.807) is 0 Å². The topological polar surface area (TPSA) is 71.5 Å². The van der Waals surface area contributed by atoms with Crippen LogP contribution in [0.4, 0.5) is 0 Å². The van der Waals surface area contributed by atoms with Crippen molar-refractivity contribution < 1.29 is 16.8 Å². The van der Waals surface area contributed by atoms with Crippen LogP contribution >= 0.6 is 15.9 Å². The molecule has 0 spiro atoms. The predicted octanol–water partition coefficient (Wildman–Crippen LogP) is 0.815. The van der Waals surface area contributed by atoms with Gasteiger partial charge in [0.2, 0.25) is 10.0 Å². The summed E-state index contributed by atoms with van der Waals surface area (Å²) in [6, 6.07) is 0. The van der Waals surface area contributed by atoms with Crippen LogP contribution in [0.15, 0.2) is 0 Å². The molecule has 0 aromatic rings. The molecule has 0 aliphatic carbocycles. The van der Waals surface area contributed by atoms with Crippen molar-refractivity contribution in [1.82, 2.24) is 4.31 Å². The standard InChI is InChI=1S/C8H18BrNO4S2/c1-10(7-5-3-4-6-9)16(13,14)8-15(2,11)12/h3-8H2,1-2H3. The van der Waals surface area contributed by atoms with Crippen molar-refractivity contribution in [1.29, 1.82) is 0 Å². The SMILES string of the molecule is CN(CCCCCBr)S(=O)(=O)CS(C)(=O)=O. The molecule has 0 heterocycles. The molecule has 5 nitrogen and oxygen atoms in total. The fourth-order valence-corrected chi connectivity index (χ4v) is 4.79. The van der Waals surface area contributed by atoms with Crippen LogP contribution in [0.5, 0.6) is 0 Å². The molecule has 0 aliphatic rings. The second-order valence-corrected chi connectivity index (χ2v) is 9.10. The summed E-state index contributed by atoms with van der Waals surface area (Å²) in [5.41, 5.74) is 0. The Morgan fingerprint density at radius 1 is 1.06 bits per heavy atom. The van der Waals surface area contributed by atoms with Gasteiger partial charge in [-0.3, -0.25) is 0 Å². The van der Waals surface area contributed by atoms with E-state index in [2.05, 4.69) is 15.9 Å². The lowest BCUT2D eigenvalue weighted by Gasteiger charge is -2.16. The van der Waals surface area contributed by atoms with Crippen LogP contribution in [-0.4, -0.2) is 51.4 Å². The molecule has 0 unspecified atom stereocenters. The molecule has 0 atom stereocenters. The number of halogens is 1. The third-order valence-electron chi connectivity index (χ3n) is 1.94. The van der Waals surface area contributed by atoms with Crippen LogP contribution in [0.3, 0.4) is 0 Å². The highest BCUT2D eigenvalue weighted by atomic mass is 79.9. The summed E-state index contributed by atoms with van der Waals surface area (Å²) in [5, 5.41) is 0.0851. The van der Waals surface area contributed by atoms with Gasteiger partial charge in [0.25, 0.3) is 0 Å². The van der Waals surface area contributed by atoms with E-state index in [4.69, 9.17) is 0 Å². The zero-order chi connectivity index (χ0) is 12.8. The van der Waals surface area contributed by atoms with Gasteiger partial charge in [-0.1, -0.05) is 22.4 Å². The highest BCUT2D eigenvalue weighted by Gasteiger charge is 2.22. The largest absolute Gasteiger partial charge is 0.228 e. The maximum atomic E-state index is 11.5. The van der Waals surface area contributed by atoms with E-state index in [0.29, 0.717) is 6.54 Å². The minimum Gasteiger partial charge on any atom is -0.228 e. The molecule has 0 bridgehead atoms. The van der Waals surface area contributed by atoms with E-state index in [1.165, 1.54) is 7.05 Å². The minimum absolute atomic E-state index is 0.366. The number of alkyl halides is 1. The van der Waals surface area contributed by atoms with Crippen LogP contribution in [0, 0.1) is 0 Å². The molecule has 0 N–H and O–H groups in total. The van der Waals surface area contributed by atoms with E-state index in [1.807, 2.05) is 0 Å². The Kier molecular flexibility index (Phi) is 7.07. The Hall–Kier alpha value is 0.340. The zero-order valence-corrected chi connectivity index (χ0v) is 12.7. The summed E-state index contributed by atoms with van der Waals surface area (Å²) in [5.74, 6) is 0. The molecule has 0 saturated heterocycles. The first kappa shape index (κ1) is 16.3. The van der Waals surface area contributed by atoms with E-state index < -0.39 is 24.9 Å². The summed E-state index contributed by atoms with van der Waals surface area (Å²) in [7, 11) is -5.76. The van der Waals surface area contributed by atoms with Gasteiger partial charge in [-0.05, 0) is 12.8 Å². The van der Waals surface area contributed by atoms with Gasteiger partial charge in [0.05, 0.1) is 0 Å². The van der Waals surface area contributed by atoms with E-state index >= 15 is 0 Å². The van der Waals surface area contributed by atoms with Gasteiger partial charge in [0.1, 0.15) is 0 Å². The minimum atomic E-state index is -3.67. The molecule has 0 amide bonds. The number of sulfone groups is 1. The van der Waals surface area contributed by atoms with Crippen molar-refractivity contribution in [3.05, 3.63) is 0 Å². The molecule has 0 fully saturated rings. The van der Waals surface area contributed by atoms with Crippen molar-refractivity contribution >= 4 is 35.8 Å². The van der Waals surface area contributed by atoms with Gasteiger partial charge in [-0.2, -0.15) is 0 Å². The van der Waals surface area contributed by atoms with Crippen LogP contribution in [0.1, 0.15) is 19.3 Å². The molecule has 98 valence electrons. The summed E-state index contributed by atoms with van der Waals surface area (Å²) in [4.78, 5) is 0. The Balaban J connectivity index is 4.21. The number of nitrogens with zero attached hydrogens (tertiary/aromatic N) is 1. The zero-order valence-electron chi connectivity index (χ0n) is 9.52. The van der Waals surface area contributed by atoms with Crippen molar-refractivity contribution in [3.63, 3.8) is 0 Å². The molecule has 0 radical (unpaired) electrons. The maximum absolute atomic E-state index is 11.5. The molecular formula is C8H18BrNO4S2. The average Bonchev–Trinajstić information content (AvgIpc) is 2.08. The van der Waals surface area contributed by atoms with Crippen molar-refractivity contribution in [2.75, 3.05) is 30.3 Å². The lowest BCUT2D eigenvalue weighted by atomic mass is 10.2. The third kappa shape index (κ3) is 7.59. The van der Waals surface area contributed by atoms with Crippen LogP contribution in [0.2, 0.25) is 0 Å². The average molecular weight is 336 g/mol. The summed E-state index contributed by atoms with van der Waals surface area (Å²) < 4.78 is 46.0. The molecule has 16 heavy (non-hydrogen) atoms. The number of hydrogen-bond donors (Lipinski definition) is 0. The number of hydrogen-bond acceptors (Lipinski definition) is 4. The molecule has 0 aliphatic heterocycles. The molecule has 0 rings (SSSR count). The highest BCUT2D eigenvalue weighted by molar-refractivity contribution is 9.09. The van der Waals surface area contributed by atoms with Crippen molar-refractivity contribution in [2.45, 2.75) is 19.3 Å². The molecule has 0 saturated carbocycles. The third-order valence-corrected chi connectivity index (χ3v) is 6.54. The Morgan fingerprint density at radius 2 is 1.62 bits per heavy atom. The first-order valence-electron chi connectivity index (χ1n) is 4.87. The molecule has 0 aromatic heterocycles. The molecule has 8 heteroatoms. The maximum Gasteiger partial charge on any atom is 0.228 e. The Morgan fingerprint density at radius 3 is 2.06 bits per heavy atom. The quantitative estimate of drug-likeness (QED) is 0.486. The highest BCUT2D eigenvalue weighted by Crippen LogP contribution is 2.06. The first-order chi connectivity index (χ1) is 7.19. The fraction of sp³-hybridized carbons (Fsp3) is 1.00. The monoisotopic (exact) mass is 335 g/mol. The summed E-state index contributed by atoms with van der Waals surface area (Å²) in [6.07, 6.45) is 3.57. The van der Waals surface area contributed by atoms with Crippen molar-refractivity contribution in [2.24, 2.45) is 0 Å². The normalized spacial score (nSPS) is 13.2. The van der Waals surface area contributed by atoms with Crippen LogP contribution in [0.25, 0.3) is 0 Å². The van der Waals surface area contributed by atoms with E-state index in [-0.39, 0.29) is 0 Å². The summed E-state index contributed by atoms with van der Waals surface area (Å²) in [6.45, 7) is 0.366. The number of sulfonamides is 1. The molecule has 0 aromatic carbocycles. The first-order valence-corrected chi connectivity index (χ1v) is 9.66. The van der Waals surface area contributed by atoms with Crippen LogP contribution in [-0.2, 0) is 19.9 Å². The predicted molar refractivity (Wildman–Crippen MR) is 68.9 cm³/mol. The van der Waals surface area contributed by atoms with Gasteiger partial charge in [-0.25, -0.2) is 21.1 Å². The fourth-order valence-electron chi connectivity index (χ4n) is 1.11. The van der Waals surface area contributed by atoms with Gasteiger partial charge < -0.3 is 0 Å². The molecular weight excluding hydrogens is 318 g/mol. The lowest BCUT2D eigenvalue weighted by molar-refractivity contribution is 0.457. The lowest BCUT2D eigenvalue weighted by Crippen LogP contribution is -2.32. The van der Waals surface area contributed by atoms with Gasteiger partial charge in [-0.15, -0.1) is 0 Å². The van der Waals surface area contributed by atoms with Crippen molar-refractivity contribution in [3.8, 4) is 0 Å².